The van der Waals surface area contributed by atoms with Crippen molar-refractivity contribution in [3.63, 3.8) is 0 Å². The number of benzene rings is 1. The van der Waals surface area contributed by atoms with Gasteiger partial charge in [0.05, 0.1) is 27.7 Å². The van der Waals surface area contributed by atoms with E-state index in [1.807, 2.05) is 0 Å². The highest BCUT2D eigenvalue weighted by Gasteiger charge is 2.11. The third-order valence-corrected chi connectivity index (χ3v) is 3.03. The fourth-order valence-electron chi connectivity index (χ4n) is 2.08. The Labute approximate surface area is 121 Å². The minimum Gasteiger partial charge on any atom is -1.00 e. The van der Waals surface area contributed by atoms with Gasteiger partial charge in [0.15, 0.2) is 0 Å². The second kappa shape index (κ2) is 5.40. The summed E-state index contributed by atoms with van der Waals surface area (Å²) < 4.78 is 3.24. The van der Waals surface area contributed by atoms with E-state index < -0.39 is 0 Å². The lowest BCUT2D eigenvalue weighted by Gasteiger charge is -2.23. The molecule has 1 heterocycles. The number of quaternary nitrogens is 1. The largest absolute Gasteiger partial charge is 1.00 e. The Balaban J connectivity index is 0.00000144. The Morgan fingerprint density at radius 2 is 1.76 bits per heavy atom. The Morgan fingerprint density at radius 3 is 2.41 bits per heavy atom. The quantitative estimate of drug-likeness (QED) is 0.519. The van der Waals surface area contributed by atoms with E-state index in [1.165, 1.54) is 23.0 Å². The number of para-hydroxylation sites is 1. The van der Waals surface area contributed by atoms with Gasteiger partial charge in [0.1, 0.15) is 0 Å². The Hall–Kier alpha value is -0.550. The zero-order chi connectivity index (χ0) is 11.8. The maximum absolute atomic E-state index is 2.26. The van der Waals surface area contributed by atoms with Crippen LogP contribution in [0.3, 0.4) is 0 Å². The summed E-state index contributed by atoms with van der Waals surface area (Å²) in [5, 5.41) is 1.40. The minimum atomic E-state index is 0. The van der Waals surface area contributed by atoms with E-state index in [-0.39, 0.29) is 24.0 Å². The lowest BCUT2D eigenvalue weighted by Crippen LogP contribution is -3.00. The number of likely N-dealkylation sites (N-methyl/N-ethyl adjacent to an activating group) is 1. The Kier molecular flexibility index (Phi) is 4.61. The van der Waals surface area contributed by atoms with Gasteiger partial charge in [-0.2, -0.15) is 0 Å². The first-order valence-corrected chi connectivity index (χ1v) is 5.81. The summed E-state index contributed by atoms with van der Waals surface area (Å²) in [4.78, 5) is 0. The minimum absolute atomic E-state index is 0. The van der Waals surface area contributed by atoms with Crippen molar-refractivity contribution in [2.24, 2.45) is 7.05 Å². The molecule has 0 radical (unpaired) electrons. The number of halogens is 1. The van der Waals surface area contributed by atoms with E-state index in [4.69, 9.17) is 0 Å². The van der Waals surface area contributed by atoms with Crippen LogP contribution in [0.25, 0.3) is 10.9 Å². The average molecular weight is 344 g/mol. The number of nitrogens with zero attached hydrogens (tertiary/aromatic N) is 2. The smallest absolute Gasteiger partial charge is 0.0822 e. The molecule has 0 amide bonds. The van der Waals surface area contributed by atoms with E-state index in [9.17, 15) is 0 Å². The first-order valence-electron chi connectivity index (χ1n) is 5.81. The predicted molar refractivity (Wildman–Crippen MR) is 69.5 cm³/mol. The molecule has 17 heavy (non-hydrogen) atoms. The molecule has 0 saturated carbocycles. The summed E-state index contributed by atoms with van der Waals surface area (Å²) in [6.45, 7) is 1.17. The fraction of sp³-hybridized carbons (Fsp3) is 0.429. The van der Waals surface area contributed by atoms with Crippen LogP contribution in [0.1, 0.15) is 5.56 Å². The summed E-state index contributed by atoms with van der Waals surface area (Å²) in [5.74, 6) is 0. The zero-order valence-corrected chi connectivity index (χ0v) is 13.2. The van der Waals surface area contributed by atoms with Crippen LogP contribution in [-0.2, 0) is 13.5 Å². The van der Waals surface area contributed by atoms with E-state index in [0.717, 1.165) is 10.9 Å². The van der Waals surface area contributed by atoms with Crippen LogP contribution in [0, 0.1) is 0 Å². The Bertz CT molecular complexity index is 494. The van der Waals surface area contributed by atoms with Crippen LogP contribution in [0.4, 0.5) is 0 Å². The highest BCUT2D eigenvalue weighted by molar-refractivity contribution is 5.83. The third kappa shape index (κ3) is 3.45. The molecule has 0 aliphatic heterocycles. The predicted octanol–water partition coefficient (Wildman–Crippen LogP) is -0.569. The van der Waals surface area contributed by atoms with Crippen LogP contribution in [0.15, 0.2) is 30.5 Å². The van der Waals surface area contributed by atoms with Crippen LogP contribution in [0.2, 0.25) is 0 Å². The van der Waals surface area contributed by atoms with Crippen molar-refractivity contribution in [2.45, 2.75) is 6.42 Å². The number of fused-ring (bicyclic) bond motifs is 1. The zero-order valence-electron chi connectivity index (χ0n) is 11.1. The fourth-order valence-corrected chi connectivity index (χ4v) is 2.08. The number of hydrogen-bond donors (Lipinski definition) is 0. The van der Waals surface area contributed by atoms with Crippen molar-refractivity contribution in [1.29, 1.82) is 0 Å². The highest BCUT2D eigenvalue weighted by atomic mass is 127. The maximum atomic E-state index is 2.26. The summed E-state index contributed by atoms with van der Waals surface area (Å²) in [6, 6.07) is 8.63. The van der Waals surface area contributed by atoms with Gasteiger partial charge in [0, 0.05) is 30.6 Å². The molecule has 2 aromatic rings. The normalized spacial score (nSPS) is 11.5. The van der Waals surface area contributed by atoms with Crippen molar-refractivity contribution in [3.8, 4) is 0 Å². The molecule has 0 N–H and O–H groups in total. The van der Waals surface area contributed by atoms with Gasteiger partial charge in [-0.1, -0.05) is 18.2 Å². The molecule has 1 aromatic carbocycles. The van der Waals surface area contributed by atoms with Crippen LogP contribution < -0.4 is 24.0 Å². The average Bonchev–Trinajstić information content (AvgIpc) is 2.53. The van der Waals surface area contributed by atoms with Gasteiger partial charge in [0.2, 0.25) is 0 Å². The molecular weight excluding hydrogens is 323 g/mol. The van der Waals surface area contributed by atoms with Gasteiger partial charge in [-0.3, -0.25) is 0 Å². The molecule has 2 nitrogen and oxygen atoms in total. The second-order valence-electron chi connectivity index (χ2n) is 5.55. The molecule has 0 unspecified atom stereocenters. The van der Waals surface area contributed by atoms with E-state index >= 15 is 0 Å². The molecule has 0 saturated heterocycles. The third-order valence-electron chi connectivity index (χ3n) is 3.03. The van der Waals surface area contributed by atoms with Gasteiger partial charge in [-0.05, 0) is 11.6 Å². The standard InChI is InChI=1S/C14H21N2.HI/c1-15-11-12(9-10-16(2,3)4)13-7-5-6-8-14(13)15;/h5-8,11H,9-10H2,1-4H3;1H/q+1;/p-1. The van der Waals surface area contributed by atoms with Gasteiger partial charge < -0.3 is 33.0 Å². The first kappa shape index (κ1) is 14.5. The lowest BCUT2D eigenvalue weighted by molar-refractivity contribution is -0.870. The molecule has 0 fully saturated rings. The molecule has 0 bridgehead atoms. The van der Waals surface area contributed by atoms with Gasteiger partial charge in [0.25, 0.3) is 0 Å². The lowest BCUT2D eigenvalue weighted by atomic mass is 10.1. The van der Waals surface area contributed by atoms with Crippen LogP contribution in [-0.4, -0.2) is 36.7 Å². The molecule has 0 spiro atoms. The highest BCUT2D eigenvalue weighted by Crippen LogP contribution is 2.20. The Morgan fingerprint density at radius 1 is 1.12 bits per heavy atom. The van der Waals surface area contributed by atoms with E-state index in [1.54, 1.807) is 0 Å². The number of rotatable bonds is 3. The molecule has 0 aliphatic rings. The molecular formula is C14H21IN2. The maximum Gasteiger partial charge on any atom is 0.0822 e. The van der Waals surface area contributed by atoms with Crippen LogP contribution in [0.5, 0.6) is 0 Å². The topological polar surface area (TPSA) is 4.93 Å². The van der Waals surface area contributed by atoms with Crippen molar-refractivity contribution >= 4 is 10.9 Å². The van der Waals surface area contributed by atoms with Crippen molar-refractivity contribution in [3.05, 3.63) is 36.0 Å². The second-order valence-corrected chi connectivity index (χ2v) is 5.55. The first-order chi connectivity index (χ1) is 7.47. The molecule has 0 atom stereocenters. The summed E-state index contributed by atoms with van der Waals surface area (Å²) >= 11 is 0. The molecule has 94 valence electrons. The summed E-state index contributed by atoms with van der Waals surface area (Å²) in [5.41, 5.74) is 2.80. The van der Waals surface area contributed by atoms with E-state index in [2.05, 4.69) is 63.2 Å². The van der Waals surface area contributed by atoms with Crippen molar-refractivity contribution in [1.82, 2.24) is 4.57 Å². The number of hydrogen-bond acceptors (Lipinski definition) is 0. The molecule has 0 aliphatic carbocycles. The molecule has 2 rings (SSSR count). The SMILES string of the molecule is Cn1cc(CC[N+](C)(C)C)c2ccccc21.[I-]. The summed E-state index contributed by atoms with van der Waals surface area (Å²) in [7, 11) is 8.85. The number of aryl methyl sites for hydroxylation is 1. The number of aromatic nitrogens is 1. The van der Waals surface area contributed by atoms with Gasteiger partial charge in [-0.25, -0.2) is 0 Å². The van der Waals surface area contributed by atoms with Crippen molar-refractivity contribution in [2.75, 3.05) is 27.7 Å². The van der Waals surface area contributed by atoms with Crippen LogP contribution >= 0.6 is 0 Å². The molecule has 1 aromatic heterocycles. The van der Waals surface area contributed by atoms with Gasteiger partial charge in [-0.15, -0.1) is 0 Å². The van der Waals surface area contributed by atoms with Gasteiger partial charge >= 0.3 is 0 Å². The van der Waals surface area contributed by atoms with E-state index in [0.29, 0.717) is 0 Å². The monoisotopic (exact) mass is 344 g/mol. The summed E-state index contributed by atoms with van der Waals surface area (Å²) in [6.07, 6.45) is 3.41. The van der Waals surface area contributed by atoms with Crippen molar-refractivity contribution < 1.29 is 28.5 Å². The molecule has 3 heteroatoms.